The molecule has 2 unspecified atom stereocenters. The first-order valence-corrected chi connectivity index (χ1v) is 9.97. The average molecular weight is 377 g/mol. The van der Waals surface area contributed by atoms with E-state index in [1.165, 1.54) is 0 Å². The van der Waals surface area contributed by atoms with Gasteiger partial charge in [-0.15, -0.1) is 11.8 Å². The number of Topliss-reactive ketones (excluding diaryl/α,β-unsaturated/α-hetero) is 1. The summed E-state index contributed by atoms with van der Waals surface area (Å²) in [5, 5.41) is 5.12. The summed E-state index contributed by atoms with van der Waals surface area (Å²) in [4.78, 5) is 12.6. The van der Waals surface area contributed by atoms with E-state index in [4.69, 9.17) is 0 Å². The van der Waals surface area contributed by atoms with Crippen LogP contribution in [0.1, 0.15) is 32.2 Å². The molecule has 20 heavy (non-hydrogen) atoms. The molecule has 2 rings (SSSR count). The summed E-state index contributed by atoms with van der Waals surface area (Å²) in [6.07, 6.45) is 1.38. The van der Waals surface area contributed by atoms with Crippen molar-refractivity contribution in [2.24, 2.45) is 0 Å². The Bertz CT molecular complexity index is 490. The van der Waals surface area contributed by atoms with E-state index in [2.05, 4.69) is 41.8 Å². The fourth-order valence-electron chi connectivity index (χ4n) is 2.44. The number of thioether (sulfide) groups is 2. The molecule has 1 saturated heterocycles. The van der Waals surface area contributed by atoms with Crippen molar-refractivity contribution in [1.29, 1.82) is 0 Å². The lowest BCUT2D eigenvalue weighted by Crippen LogP contribution is -2.32. The number of halogens is 1. The zero-order valence-electron chi connectivity index (χ0n) is 12.2. The Morgan fingerprint density at radius 1 is 1.40 bits per heavy atom. The summed E-state index contributed by atoms with van der Waals surface area (Å²) >= 11 is 7.35. The fraction of sp³-hybridized carbons (Fsp3) is 0.714. The van der Waals surface area contributed by atoms with Crippen LogP contribution in [0.4, 0.5) is 0 Å². The summed E-state index contributed by atoms with van der Waals surface area (Å²) in [6, 6.07) is 0. The maximum absolute atomic E-state index is 12.6. The minimum Gasteiger partial charge on any atom is -0.298 e. The highest BCUT2D eigenvalue weighted by molar-refractivity contribution is 9.10. The molecule has 0 saturated carbocycles. The number of rotatable bonds is 5. The van der Waals surface area contributed by atoms with E-state index in [-0.39, 0.29) is 5.25 Å². The SMILES string of the molecule is CCc1nn(CC)c(CC(=O)C2SCCSC2C)c1Br. The van der Waals surface area contributed by atoms with Crippen molar-refractivity contribution >= 4 is 45.2 Å². The van der Waals surface area contributed by atoms with E-state index >= 15 is 0 Å². The molecule has 0 amide bonds. The number of carbonyl (C=O) groups excluding carboxylic acids is 1. The zero-order chi connectivity index (χ0) is 14.7. The van der Waals surface area contributed by atoms with E-state index in [0.717, 1.165) is 40.3 Å². The molecule has 1 aromatic heterocycles. The van der Waals surface area contributed by atoms with Gasteiger partial charge in [0.05, 0.1) is 27.5 Å². The number of aromatic nitrogens is 2. The van der Waals surface area contributed by atoms with E-state index in [9.17, 15) is 4.79 Å². The van der Waals surface area contributed by atoms with E-state index < -0.39 is 0 Å². The van der Waals surface area contributed by atoms with Gasteiger partial charge >= 0.3 is 0 Å². The number of hydrogen-bond acceptors (Lipinski definition) is 4. The van der Waals surface area contributed by atoms with Crippen LogP contribution >= 0.6 is 39.5 Å². The number of hydrogen-bond donors (Lipinski definition) is 0. The minimum absolute atomic E-state index is 0.130. The Kier molecular flexibility index (Phi) is 6.05. The van der Waals surface area contributed by atoms with Crippen LogP contribution in [-0.4, -0.2) is 37.6 Å². The molecule has 6 heteroatoms. The minimum atomic E-state index is 0.130. The number of nitrogens with zero attached hydrogens (tertiary/aromatic N) is 2. The van der Waals surface area contributed by atoms with Gasteiger partial charge in [0.2, 0.25) is 0 Å². The molecular weight excluding hydrogens is 356 g/mol. The van der Waals surface area contributed by atoms with Gasteiger partial charge in [-0.3, -0.25) is 9.48 Å². The highest BCUT2D eigenvalue weighted by atomic mass is 79.9. The van der Waals surface area contributed by atoms with Gasteiger partial charge in [0.15, 0.2) is 5.78 Å². The molecular formula is C14H21BrN2OS2. The Balaban J connectivity index is 2.16. The van der Waals surface area contributed by atoms with Crippen molar-refractivity contribution in [3.63, 3.8) is 0 Å². The molecule has 0 aromatic carbocycles. The van der Waals surface area contributed by atoms with Crippen molar-refractivity contribution in [3.8, 4) is 0 Å². The molecule has 2 heterocycles. The van der Waals surface area contributed by atoms with E-state index in [0.29, 0.717) is 17.5 Å². The quantitative estimate of drug-likeness (QED) is 0.786. The molecule has 2 atom stereocenters. The summed E-state index contributed by atoms with van der Waals surface area (Å²) in [5.41, 5.74) is 2.09. The van der Waals surface area contributed by atoms with Crippen molar-refractivity contribution in [1.82, 2.24) is 9.78 Å². The Hall–Kier alpha value is 0.0600. The van der Waals surface area contributed by atoms with Gasteiger partial charge in [0, 0.05) is 23.3 Å². The lowest BCUT2D eigenvalue weighted by atomic mass is 10.1. The molecule has 0 bridgehead atoms. The molecule has 3 nitrogen and oxygen atoms in total. The first-order chi connectivity index (χ1) is 9.58. The Labute approximate surface area is 137 Å². The molecule has 1 aliphatic rings. The van der Waals surface area contributed by atoms with Gasteiger partial charge in [-0.25, -0.2) is 0 Å². The Morgan fingerprint density at radius 3 is 2.70 bits per heavy atom. The summed E-state index contributed by atoms with van der Waals surface area (Å²) < 4.78 is 2.99. The van der Waals surface area contributed by atoms with Gasteiger partial charge < -0.3 is 0 Å². The normalized spacial score (nSPS) is 23.0. The smallest absolute Gasteiger partial charge is 0.152 e. The molecule has 0 N–H and O–H groups in total. The zero-order valence-corrected chi connectivity index (χ0v) is 15.4. The second-order valence-corrected chi connectivity index (χ2v) is 8.41. The monoisotopic (exact) mass is 376 g/mol. The molecule has 0 spiro atoms. The van der Waals surface area contributed by atoms with E-state index in [1.54, 1.807) is 0 Å². The highest BCUT2D eigenvalue weighted by Crippen LogP contribution is 2.33. The highest BCUT2D eigenvalue weighted by Gasteiger charge is 2.30. The number of carbonyl (C=O) groups is 1. The topological polar surface area (TPSA) is 34.9 Å². The molecule has 1 aliphatic heterocycles. The number of aryl methyl sites for hydroxylation is 2. The van der Waals surface area contributed by atoms with Crippen LogP contribution < -0.4 is 0 Å². The summed E-state index contributed by atoms with van der Waals surface area (Å²) in [5.74, 6) is 2.58. The number of ketones is 1. The predicted molar refractivity (Wildman–Crippen MR) is 91.9 cm³/mol. The van der Waals surface area contributed by atoms with Crippen molar-refractivity contribution in [3.05, 3.63) is 15.9 Å². The lowest BCUT2D eigenvalue weighted by Gasteiger charge is -2.26. The van der Waals surface area contributed by atoms with Crippen molar-refractivity contribution in [2.45, 2.75) is 50.7 Å². The maximum Gasteiger partial charge on any atom is 0.152 e. The second-order valence-electron chi connectivity index (χ2n) is 4.89. The molecule has 1 fully saturated rings. The van der Waals surface area contributed by atoms with Gasteiger partial charge in [0.1, 0.15) is 0 Å². The van der Waals surface area contributed by atoms with Gasteiger partial charge in [-0.1, -0.05) is 13.8 Å². The van der Waals surface area contributed by atoms with Crippen LogP contribution in [-0.2, 0) is 24.2 Å². The average Bonchev–Trinajstić information content (AvgIpc) is 2.75. The van der Waals surface area contributed by atoms with Crippen LogP contribution in [0.25, 0.3) is 0 Å². The van der Waals surface area contributed by atoms with Gasteiger partial charge in [-0.05, 0) is 29.3 Å². The third kappa shape index (κ3) is 3.45. The van der Waals surface area contributed by atoms with Crippen LogP contribution in [0, 0.1) is 0 Å². The van der Waals surface area contributed by atoms with Crippen LogP contribution in [0.3, 0.4) is 0 Å². The molecule has 0 aliphatic carbocycles. The lowest BCUT2D eigenvalue weighted by molar-refractivity contribution is -0.118. The third-order valence-corrected chi connectivity index (χ3v) is 7.59. The van der Waals surface area contributed by atoms with Crippen molar-refractivity contribution in [2.75, 3.05) is 11.5 Å². The standard InChI is InChI=1S/C14H21BrN2OS2/c1-4-10-13(15)11(17(5-2)16-10)8-12(18)14-9(3)19-6-7-20-14/h9,14H,4-8H2,1-3H3. The molecule has 0 radical (unpaired) electrons. The second kappa shape index (κ2) is 7.36. The molecule has 1 aromatic rings. The van der Waals surface area contributed by atoms with Crippen molar-refractivity contribution < 1.29 is 4.79 Å². The fourth-order valence-corrected chi connectivity index (χ4v) is 5.88. The first-order valence-electron chi connectivity index (χ1n) is 7.08. The van der Waals surface area contributed by atoms with E-state index in [1.807, 2.05) is 28.2 Å². The molecule has 112 valence electrons. The van der Waals surface area contributed by atoms with Crippen LogP contribution in [0.2, 0.25) is 0 Å². The van der Waals surface area contributed by atoms with Gasteiger partial charge in [0.25, 0.3) is 0 Å². The summed E-state index contributed by atoms with van der Waals surface area (Å²) in [6.45, 7) is 7.14. The maximum atomic E-state index is 12.6. The summed E-state index contributed by atoms with van der Waals surface area (Å²) in [7, 11) is 0. The Morgan fingerprint density at radius 2 is 2.10 bits per heavy atom. The largest absolute Gasteiger partial charge is 0.298 e. The van der Waals surface area contributed by atoms with Crippen LogP contribution in [0.5, 0.6) is 0 Å². The van der Waals surface area contributed by atoms with Crippen LogP contribution in [0.15, 0.2) is 4.47 Å². The first kappa shape index (κ1) is 16.4. The third-order valence-electron chi connectivity index (χ3n) is 3.54. The van der Waals surface area contributed by atoms with Gasteiger partial charge in [-0.2, -0.15) is 16.9 Å². The predicted octanol–water partition coefficient (Wildman–Crippen LogP) is 3.58.